The zero-order chi connectivity index (χ0) is 13.8. The van der Waals surface area contributed by atoms with E-state index in [0.29, 0.717) is 11.3 Å². The fraction of sp³-hybridized carbons (Fsp3) is 0.647. The van der Waals surface area contributed by atoms with Gasteiger partial charge in [0.25, 0.3) is 0 Å². The second kappa shape index (κ2) is 6.81. The summed E-state index contributed by atoms with van der Waals surface area (Å²) in [5.41, 5.74) is 1.41. The Morgan fingerprint density at radius 3 is 2.63 bits per heavy atom. The van der Waals surface area contributed by atoms with Crippen LogP contribution in [0.1, 0.15) is 39.2 Å². The van der Waals surface area contributed by atoms with Crippen molar-refractivity contribution in [1.29, 1.82) is 0 Å². The summed E-state index contributed by atoms with van der Waals surface area (Å²) in [7, 11) is 0. The predicted octanol–water partition coefficient (Wildman–Crippen LogP) is 4.50. The Labute approximate surface area is 122 Å². The smallest absolute Gasteiger partial charge is 0.0274 e. The molecule has 1 aliphatic rings. The van der Waals surface area contributed by atoms with E-state index in [1.807, 2.05) is 0 Å². The molecule has 1 fully saturated rings. The minimum Gasteiger partial charge on any atom is -0.313 e. The van der Waals surface area contributed by atoms with Crippen LogP contribution >= 0.6 is 11.8 Å². The number of hydrogen-bond donors (Lipinski definition) is 1. The van der Waals surface area contributed by atoms with Gasteiger partial charge in [0.15, 0.2) is 0 Å². The second-order valence-electron chi connectivity index (χ2n) is 6.07. The average Bonchev–Trinajstić information content (AvgIpc) is 2.36. The van der Waals surface area contributed by atoms with Crippen LogP contribution in [0.2, 0.25) is 0 Å². The molecule has 1 aliphatic carbocycles. The van der Waals surface area contributed by atoms with Crippen LogP contribution in [-0.2, 0) is 0 Å². The molecule has 19 heavy (non-hydrogen) atoms. The van der Waals surface area contributed by atoms with E-state index in [1.54, 1.807) is 0 Å². The maximum absolute atomic E-state index is 3.71. The zero-order valence-electron chi connectivity index (χ0n) is 12.6. The van der Waals surface area contributed by atoms with Crippen LogP contribution in [0.3, 0.4) is 0 Å². The van der Waals surface area contributed by atoms with Crippen molar-refractivity contribution in [2.45, 2.75) is 56.7 Å². The number of hydrogen-bond acceptors (Lipinski definition) is 2. The minimum absolute atomic E-state index is 0.661. The third-order valence-corrected chi connectivity index (χ3v) is 5.99. The van der Waals surface area contributed by atoms with Gasteiger partial charge < -0.3 is 5.32 Å². The summed E-state index contributed by atoms with van der Waals surface area (Å²) < 4.78 is 0. The highest BCUT2D eigenvalue weighted by atomic mass is 32.2. The van der Waals surface area contributed by atoms with E-state index < -0.39 is 0 Å². The Bertz CT molecular complexity index is 404. The fourth-order valence-corrected chi connectivity index (χ4v) is 4.74. The summed E-state index contributed by atoms with van der Waals surface area (Å²) >= 11 is 2.09. The van der Waals surface area contributed by atoms with Gasteiger partial charge in [-0.15, -0.1) is 11.8 Å². The molecule has 1 aromatic carbocycles. The Kier molecular flexibility index (Phi) is 5.35. The van der Waals surface area contributed by atoms with E-state index in [2.05, 4.69) is 69.0 Å². The van der Waals surface area contributed by atoms with E-state index in [9.17, 15) is 0 Å². The minimum atomic E-state index is 0.661. The van der Waals surface area contributed by atoms with Crippen molar-refractivity contribution >= 4 is 11.8 Å². The Morgan fingerprint density at radius 2 is 1.95 bits per heavy atom. The Hall–Kier alpha value is -0.470. The third kappa shape index (κ3) is 3.76. The second-order valence-corrected chi connectivity index (χ2v) is 7.29. The SMILES string of the molecule is CCNC1CC(C)CC(C)C1Sc1ccccc1C. The van der Waals surface area contributed by atoms with Gasteiger partial charge in [-0.1, -0.05) is 39.0 Å². The molecule has 1 nitrogen and oxygen atoms in total. The molecule has 4 unspecified atom stereocenters. The molecule has 0 radical (unpaired) electrons. The van der Waals surface area contributed by atoms with Gasteiger partial charge in [0.1, 0.15) is 0 Å². The summed E-state index contributed by atoms with van der Waals surface area (Å²) in [6.45, 7) is 10.3. The van der Waals surface area contributed by atoms with Gasteiger partial charge in [0.2, 0.25) is 0 Å². The van der Waals surface area contributed by atoms with Crippen molar-refractivity contribution in [2.75, 3.05) is 6.54 Å². The van der Waals surface area contributed by atoms with Gasteiger partial charge in [-0.3, -0.25) is 0 Å². The van der Waals surface area contributed by atoms with Crippen molar-refractivity contribution in [2.24, 2.45) is 11.8 Å². The maximum atomic E-state index is 3.71. The van der Waals surface area contributed by atoms with Crippen LogP contribution in [-0.4, -0.2) is 17.8 Å². The van der Waals surface area contributed by atoms with E-state index in [-0.39, 0.29) is 0 Å². The molecule has 4 atom stereocenters. The molecule has 106 valence electrons. The normalized spacial score (nSPS) is 31.4. The van der Waals surface area contributed by atoms with Gasteiger partial charge >= 0.3 is 0 Å². The lowest BCUT2D eigenvalue weighted by atomic mass is 9.80. The molecule has 0 bridgehead atoms. The highest BCUT2D eigenvalue weighted by Crippen LogP contribution is 2.40. The molecule has 2 rings (SSSR count). The van der Waals surface area contributed by atoms with Crippen molar-refractivity contribution in [3.63, 3.8) is 0 Å². The van der Waals surface area contributed by atoms with Crippen LogP contribution in [0.4, 0.5) is 0 Å². The fourth-order valence-electron chi connectivity index (χ4n) is 3.32. The molecule has 0 aromatic heterocycles. The van der Waals surface area contributed by atoms with Crippen molar-refractivity contribution in [1.82, 2.24) is 5.32 Å². The summed E-state index contributed by atoms with van der Waals surface area (Å²) in [5.74, 6) is 1.64. The molecule has 0 spiro atoms. The number of thioether (sulfide) groups is 1. The van der Waals surface area contributed by atoms with Crippen LogP contribution in [0.25, 0.3) is 0 Å². The van der Waals surface area contributed by atoms with E-state index >= 15 is 0 Å². The van der Waals surface area contributed by atoms with Crippen LogP contribution in [0, 0.1) is 18.8 Å². The summed E-state index contributed by atoms with van der Waals surface area (Å²) in [5, 5.41) is 4.42. The Balaban J connectivity index is 2.13. The van der Waals surface area contributed by atoms with Crippen LogP contribution in [0.5, 0.6) is 0 Å². The molecular formula is C17H27NS. The summed E-state index contributed by atoms with van der Waals surface area (Å²) in [4.78, 5) is 1.46. The summed E-state index contributed by atoms with van der Waals surface area (Å²) in [6.07, 6.45) is 2.69. The number of nitrogens with one attached hydrogen (secondary N) is 1. The van der Waals surface area contributed by atoms with E-state index in [4.69, 9.17) is 0 Å². The monoisotopic (exact) mass is 277 g/mol. The third-order valence-electron chi connectivity index (χ3n) is 4.21. The molecule has 1 aromatic rings. The van der Waals surface area contributed by atoms with Crippen molar-refractivity contribution in [3.8, 4) is 0 Å². The highest BCUT2D eigenvalue weighted by molar-refractivity contribution is 8.00. The zero-order valence-corrected chi connectivity index (χ0v) is 13.5. The number of rotatable bonds is 4. The first kappa shape index (κ1) is 14.9. The van der Waals surface area contributed by atoms with Gasteiger partial charge in [-0.25, -0.2) is 0 Å². The first-order chi connectivity index (χ1) is 9.11. The summed E-state index contributed by atoms with van der Waals surface area (Å²) in [6, 6.07) is 9.45. The molecule has 1 N–H and O–H groups in total. The first-order valence-corrected chi connectivity index (χ1v) is 8.45. The molecule has 0 amide bonds. The quantitative estimate of drug-likeness (QED) is 0.869. The van der Waals surface area contributed by atoms with Gasteiger partial charge in [0, 0.05) is 16.2 Å². The largest absolute Gasteiger partial charge is 0.313 e. The standard InChI is InChI=1S/C17H27NS/c1-5-18-15-11-12(2)10-14(4)17(15)19-16-9-7-6-8-13(16)3/h6-9,12,14-15,17-18H,5,10-11H2,1-4H3. The van der Waals surface area contributed by atoms with Gasteiger partial charge in [-0.05, 0) is 49.8 Å². The number of aryl methyl sites for hydroxylation is 1. The van der Waals surface area contributed by atoms with E-state index in [1.165, 1.54) is 23.3 Å². The predicted molar refractivity (Wildman–Crippen MR) is 85.9 cm³/mol. The molecule has 0 aliphatic heterocycles. The Morgan fingerprint density at radius 1 is 1.21 bits per heavy atom. The molecule has 0 heterocycles. The molecule has 1 saturated carbocycles. The van der Waals surface area contributed by atoms with Crippen LogP contribution in [0.15, 0.2) is 29.2 Å². The first-order valence-electron chi connectivity index (χ1n) is 7.57. The van der Waals surface area contributed by atoms with Crippen molar-refractivity contribution in [3.05, 3.63) is 29.8 Å². The number of benzene rings is 1. The van der Waals surface area contributed by atoms with Crippen molar-refractivity contribution < 1.29 is 0 Å². The maximum Gasteiger partial charge on any atom is 0.0274 e. The van der Waals surface area contributed by atoms with Gasteiger partial charge in [-0.2, -0.15) is 0 Å². The molecule has 0 saturated heterocycles. The molecule has 2 heteroatoms. The topological polar surface area (TPSA) is 12.0 Å². The van der Waals surface area contributed by atoms with Crippen LogP contribution < -0.4 is 5.32 Å². The van der Waals surface area contributed by atoms with E-state index in [0.717, 1.165) is 18.4 Å². The molecular weight excluding hydrogens is 250 g/mol. The highest BCUT2D eigenvalue weighted by Gasteiger charge is 2.34. The lowest BCUT2D eigenvalue weighted by molar-refractivity contribution is 0.251. The lowest BCUT2D eigenvalue weighted by Gasteiger charge is -2.40. The van der Waals surface area contributed by atoms with Gasteiger partial charge in [0.05, 0.1) is 0 Å². The average molecular weight is 277 g/mol. The lowest BCUT2D eigenvalue weighted by Crippen LogP contribution is -2.46.